The van der Waals surface area contributed by atoms with Crippen LogP contribution in [0.25, 0.3) is 0 Å². The molecule has 1 amide bonds. The summed E-state index contributed by atoms with van der Waals surface area (Å²) in [6.07, 6.45) is 2.17. The fourth-order valence-electron chi connectivity index (χ4n) is 2.88. The van der Waals surface area contributed by atoms with Crippen molar-refractivity contribution in [2.45, 2.75) is 39.8 Å². The number of ether oxygens (including phenoxy) is 1. The zero-order chi connectivity index (χ0) is 16.4. The second-order valence-corrected chi connectivity index (χ2v) is 6.51. The number of nitrogens with zero attached hydrogens (tertiary/aromatic N) is 2. The smallest absolute Gasteiger partial charge is 0.259 e. The van der Waals surface area contributed by atoms with Crippen LogP contribution in [0.4, 0.5) is 5.82 Å². The fraction of sp³-hybridized carbons (Fsp3) is 0.444. The molecule has 1 aromatic heterocycles. The van der Waals surface area contributed by atoms with Crippen molar-refractivity contribution < 1.29 is 9.53 Å². The largest absolute Gasteiger partial charge is 0.363 e. The minimum Gasteiger partial charge on any atom is -0.363 e. The monoisotopic (exact) mass is 313 g/mol. The molecule has 1 aliphatic rings. The predicted octanol–water partition coefficient (Wildman–Crippen LogP) is 3.10. The van der Waals surface area contributed by atoms with Gasteiger partial charge in [-0.05, 0) is 30.4 Å². The molecule has 23 heavy (non-hydrogen) atoms. The van der Waals surface area contributed by atoms with Gasteiger partial charge in [-0.3, -0.25) is 9.48 Å². The number of carbonyl (C=O) groups excluding carboxylic acids is 1. The summed E-state index contributed by atoms with van der Waals surface area (Å²) in [7, 11) is 0. The van der Waals surface area contributed by atoms with Crippen molar-refractivity contribution in [2.24, 2.45) is 5.92 Å². The second kappa shape index (κ2) is 6.54. The van der Waals surface area contributed by atoms with Gasteiger partial charge in [0.25, 0.3) is 5.91 Å². The molecule has 0 bridgehead atoms. The topological polar surface area (TPSA) is 56.2 Å². The fourth-order valence-corrected chi connectivity index (χ4v) is 2.88. The van der Waals surface area contributed by atoms with Gasteiger partial charge >= 0.3 is 0 Å². The van der Waals surface area contributed by atoms with Gasteiger partial charge in [-0.2, -0.15) is 5.10 Å². The van der Waals surface area contributed by atoms with Crippen LogP contribution in [0, 0.1) is 12.8 Å². The number of nitrogens with one attached hydrogen (secondary N) is 1. The van der Waals surface area contributed by atoms with E-state index in [9.17, 15) is 4.79 Å². The van der Waals surface area contributed by atoms with E-state index in [1.807, 2.05) is 29.9 Å². The molecule has 1 unspecified atom stereocenters. The standard InChI is InChI=1S/C18H23N3O2/c1-12(2)11-21-8-6-16(20-21)19-18(22)17-15-10-13(3)4-5-14(15)7-9-23-17/h4-6,8,10,12,17H,7,9,11H2,1-3H3,(H,19,20,22). The number of hydrogen-bond donors (Lipinski definition) is 1. The van der Waals surface area contributed by atoms with Crippen LogP contribution in [0.3, 0.4) is 0 Å². The number of hydrogen-bond acceptors (Lipinski definition) is 3. The van der Waals surface area contributed by atoms with Crippen LogP contribution in [0.5, 0.6) is 0 Å². The molecule has 3 rings (SSSR count). The van der Waals surface area contributed by atoms with Crippen LogP contribution < -0.4 is 5.32 Å². The zero-order valence-corrected chi connectivity index (χ0v) is 13.9. The van der Waals surface area contributed by atoms with Crippen molar-refractivity contribution in [3.8, 4) is 0 Å². The Labute approximate surface area is 136 Å². The first kappa shape index (κ1) is 15.7. The Hall–Kier alpha value is -2.14. The van der Waals surface area contributed by atoms with E-state index in [2.05, 4.69) is 36.4 Å². The number of benzene rings is 1. The summed E-state index contributed by atoms with van der Waals surface area (Å²) in [6, 6.07) is 8.02. The molecule has 2 heterocycles. The number of fused-ring (bicyclic) bond motifs is 1. The molecule has 5 nitrogen and oxygen atoms in total. The van der Waals surface area contributed by atoms with Crippen molar-refractivity contribution in [1.82, 2.24) is 9.78 Å². The molecular formula is C18H23N3O2. The quantitative estimate of drug-likeness (QED) is 0.943. The van der Waals surface area contributed by atoms with Crippen molar-refractivity contribution in [1.29, 1.82) is 0 Å². The summed E-state index contributed by atoms with van der Waals surface area (Å²) < 4.78 is 7.57. The van der Waals surface area contributed by atoms with E-state index < -0.39 is 6.10 Å². The maximum Gasteiger partial charge on any atom is 0.259 e. The average Bonchev–Trinajstić information content (AvgIpc) is 2.92. The van der Waals surface area contributed by atoms with E-state index in [0.717, 1.165) is 24.1 Å². The number of carbonyl (C=O) groups is 1. The second-order valence-electron chi connectivity index (χ2n) is 6.51. The van der Waals surface area contributed by atoms with Crippen molar-refractivity contribution >= 4 is 11.7 Å². The maximum absolute atomic E-state index is 12.6. The summed E-state index contributed by atoms with van der Waals surface area (Å²) in [5, 5.41) is 7.26. The van der Waals surface area contributed by atoms with Gasteiger partial charge in [0.2, 0.25) is 0 Å². The third-order valence-electron chi connectivity index (χ3n) is 3.92. The Balaban J connectivity index is 1.74. The highest BCUT2D eigenvalue weighted by Crippen LogP contribution is 2.29. The molecule has 1 N–H and O–H groups in total. The van der Waals surface area contributed by atoms with Crippen LogP contribution in [-0.4, -0.2) is 22.3 Å². The Bertz CT molecular complexity index is 706. The van der Waals surface area contributed by atoms with Crippen LogP contribution in [0.15, 0.2) is 30.5 Å². The normalized spacial score (nSPS) is 17.1. The molecular weight excluding hydrogens is 290 g/mol. The molecule has 2 aromatic rings. The maximum atomic E-state index is 12.6. The summed E-state index contributed by atoms with van der Waals surface area (Å²) in [5.41, 5.74) is 3.29. The van der Waals surface area contributed by atoms with E-state index in [4.69, 9.17) is 4.74 Å². The average molecular weight is 313 g/mol. The van der Waals surface area contributed by atoms with Gasteiger partial charge < -0.3 is 10.1 Å². The van der Waals surface area contributed by atoms with Gasteiger partial charge in [-0.15, -0.1) is 0 Å². The summed E-state index contributed by atoms with van der Waals surface area (Å²) in [6.45, 7) is 7.69. The lowest BCUT2D eigenvalue weighted by Gasteiger charge is -2.25. The molecule has 5 heteroatoms. The molecule has 122 valence electrons. The zero-order valence-electron chi connectivity index (χ0n) is 13.9. The number of aromatic nitrogens is 2. The minimum atomic E-state index is -0.561. The molecule has 1 atom stereocenters. The van der Waals surface area contributed by atoms with Crippen molar-refractivity contribution in [3.05, 3.63) is 47.2 Å². The van der Waals surface area contributed by atoms with E-state index in [1.54, 1.807) is 0 Å². The van der Waals surface area contributed by atoms with E-state index in [-0.39, 0.29) is 5.91 Å². The minimum absolute atomic E-state index is 0.161. The molecule has 0 radical (unpaired) electrons. The van der Waals surface area contributed by atoms with Crippen LogP contribution in [-0.2, 0) is 22.5 Å². The number of rotatable bonds is 4. The van der Waals surface area contributed by atoms with Crippen molar-refractivity contribution in [2.75, 3.05) is 11.9 Å². The number of anilines is 1. The van der Waals surface area contributed by atoms with Gasteiger partial charge in [0.15, 0.2) is 11.9 Å². The van der Waals surface area contributed by atoms with E-state index in [0.29, 0.717) is 18.3 Å². The van der Waals surface area contributed by atoms with Gasteiger partial charge in [-0.1, -0.05) is 37.6 Å². The SMILES string of the molecule is Cc1ccc2c(c1)C(C(=O)Nc1ccn(CC(C)C)n1)OCC2. The van der Waals surface area contributed by atoms with Gasteiger partial charge in [0.05, 0.1) is 6.61 Å². The molecule has 0 saturated carbocycles. The molecule has 0 saturated heterocycles. The highest BCUT2D eigenvalue weighted by molar-refractivity contribution is 5.94. The number of aryl methyl sites for hydroxylation is 1. The molecule has 0 fully saturated rings. The summed E-state index contributed by atoms with van der Waals surface area (Å²) in [5.74, 6) is 0.917. The lowest BCUT2D eigenvalue weighted by atomic mass is 9.95. The lowest BCUT2D eigenvalue weighted by molar-refractivity contribution is -0.128. The van der Waals surface area contributed by atoms with Crippen LogP contribution >= 0.6 is 0 Å². The first-order valence-corrected chi connectivity index (χ1v) is 8.08. The van der Waals surface area contributed by atoms with Crippen LogP contribution in [0.1, 0.15) is 36.6 Å². The highest BCUT2D eigenvalue weighted by Gasteiger charge is 2.28. The van der Waals surface area contributed by atoms with Gasteiger partial charge in [0.1, 0.15) is 0 Å². The molecule has 1 aliphatic heterocycles. The molecule has 1 aromatic carbocycles. The Morgan fingerprint density at radius 3 is 3.04 bits per heavy atom. The summed E-state index contributed by atoms with van der Waals surface area (Å²) in [4.78, 5) is 12.6. The molecule has 0 aliphatic carbocycles. The number of amides is 1. The summed E-state index contributed by atoms with van der Waals surface area (Å²) >= 11 is 0. The van der Waals surface area contributed by atoms with E-state index in [1.165, 1.54) is 5.56 Å². The van der Waals surface area contributed by atoms with Gasteiger partial charge in [-0.25, -0.2) is 0 Å². The van der Waals surface area contributed by atoms with Crippen LogP contribution in [0.2, 0.25) is 0 Å². The Morgan fingerprint density at radius 1 is 1.43 bits per heavy atom. The predicted molar refractivity (Wildman–Crippen MR) is 89.3 cm³/mol. The van der Waals surface area contributed by atoms with E-state index >= 15 is 0 Å². The third kappa shape index (κ3) is 3.62. The first-order valence-electron chi connectivity index (χ1n) is 8.08. The van der Waals surface area contributed by atoms with Crippen molar-refractivity contribution in [3.63, 3.8) is 0 Å². The highest BCUT2D eigenvalue weighted by atomic mass is 16.5. The van der Waals surface area contributed by atoms with Gasteiger partial charge in [0, 0.05) is 18.8 Å². The third-order valence-corrected chi connectivity index (χ3v) is 3.92. The first-order chi connectivity index (χ1) is 11.0. The molecule has 0 spiro atoms. The Kier molecular flexibility index (Phi) is 4.48. The lowest BCUT2D eigenvalue weighted by Crippen LogP contribution is -2.28. The Morgan fingerprint density at radius 2 is 2.26 bits per heavy atom.